The maximum Gasteiger partial charge on any atom is 0.266 e. The second kappa shape index (κ2) is 10.8. The first-order valence-corrected chi connectivity index (χ1v) is 11.3. The summed E-state index contributed by atoms with van der Waals surface area (Å²) in [4.78, 5) is 12.4. The van der Waals surface area contributed by atoms with E-state index in [4.69, 9.17) is 27.9 Å². The Morgan fingerprint density at radius 3 is 2.32 bits per heavy atom. The van der Waals surface area contributed by atoms with E-state index < -0.39 is 5.91 Å². The number of ether oxygens (including phenoxy) is 1. The van der Waals surface area contributed by atoms with Crippen molar-refractivity contribution in [2.45, 2.75) is 6.61 Å². The lowest BCUT2D eigenvalue weighted by Crippen LogP contribution is -2.13. The summed E-state index contributed by atoms with van der Waals surface area (Å²) in [6, 6.07) is 19.7. The fourth-order valence-electron chi connectivity index (χ4n) is 2.62. The molecule has 8 heteroatoms. The SMILES string of the molecule is N#C/C(=C/c1cc(Br)c(OCc2ccc(Cl)c(Cl)c2)c(Br)c1)C(=O)Nc1ccccc1. The number of benzene rings is 3. The Morgan fingerprint density at radius 1 is 1.03 bits per heavy atom. The number of para-hydroxylation sites is 1. The van der Waals surface area contributed by atoms with E-state index >= 15 is 0 Å². The number of nitriles is 1. The van der Waals surface area contributed by atoms with Gasteiger partial charge in [-0.25, -0.2) is 0 Å². The second-order valence-corrected chi connectivity index (χ2v) is 8.86. The van der Waals surface area contributed by atoms with Gasteiger partial charge in [-0.05, 0) is 85.5 Å². The molecule has 4 nitrogen and oxygen atoms in total. The molecular formula is C23H14Br2Cl2N2O2. The lowest BCUT2D eigenvalue weighted by atomic mass is 10.1. The third-order valence-electron chi connectivity index (χ3n) is 4.10. The minimum absolute atomic E-state index is 0.0212. The summed E-state index contributed by atoms with van der Waals surface area (Å²) in [5.41, 5.74) is 2.11. The predicted molar refractivity (Wildman–Crippen MR) is 131 cm³/mol. The fourth-order valence-corrected chi connectivity index (χ4v) is 4.39. The number of anilines is 1. The van der Waals surface area contributed by atoms with Crippen LogP contribution in [0.25, 0.3) is 6.08 Å². The Labute approximate surface area is 206 Å². The molecule has 156 valence electrons. The van der Waals surface area contributed by atoms with Crippen LogP contribution in [0.1, 0.15) is 11.1 Å². The lowest BCUT2D eigenvalue weighted by Gasteiger charge is -2.12. The molecule has 0 saturated carbocycles. The van der Waals surface area contributed by atoms with Crippen molar-refractivity contribution in [3.8, 4) is 11.8 Å². The van der Waals surface area contributed by atoms with E-state index in [0.717, 1.165) is 5.56 Å². The van der Waals surface area contributed by atoms with Gasteiger partial charge in [-0.15, -0.1) is 0 Å². The highest BCUT2D eigenvalue weighted by Gasteiger charge is 2.13. The van der Waals surface area contributed by atoms with Crippen LogP contribution in [-0.4, -0.2) is 5.91 Å². The molecule has 0 aromatic heterocycles. The van der Waals surface area contributed by atoms with Gasteiger partial charge in [-0.2, -0.15) is 5.26 Å². The predicted octanol–water partition coefficient (Wildman–Crippen LogP) is 7.64. The third kappa shape index (κ3) is 6.34. The number of halogens is 4. The Bertz CT molecular complexity index is 1170. The van der Waals surface area contributed by atoms with Gasteiger partial charge in [0.05, 0.1) is 19.0 Å². The maximum atomic E-state index is 12.4. The molecular weight excluding hydrogens is 567 g/mol. The zero-order chi connectivity index (χ0) is 22.4. The van der Waals surface area contributed by atoms with Crippen molar-refractivity contribution in [1.29, 1.82) is 5.26 Å². The smallest absolute Gasteiger partial charge is 0.266 e. The lowest BCUT2D eigenvalue weighted by molar-refractivity contribution is -0.112. The number of hydrogen-bond acceptors (Lipinski definition) is 3. The third-order valence-corrected chi connectivity index (χ3v) is 6.01. The molecule has 0 fully saturated rings. The van der Waals surface area contributed by atoms with Crippen LogP contribution in [0.3, 0.4) is 0 Å². The van der Waals surface area contributed by atoms with E-state index in [0.29, 0.717) is 36.0 Å². The summed E-state index contributed by atoms with van der Waals surface area (Å²) < 4.78 is 7.22. The molecule has 3 aromatic rings. The van der Waals surface area contributed by atoms with Gasteiger partial charge >= 0.3 is 0 Å². The van der Waals surface area contributed by atoms with Crippen molar-refractivity contribution in [2.75, 3.05) is 5.32 Å². The van der Waals surface area contributed by atoms with Crippen molar-refractivity contribution in [3.05, 3.63) is 96.4 Å². The van der Waals surface area contributed by atoms with Crippen molar-refractivity contribution in [3.63, 3.8) is 0 Å². The maximum absolute atomic E-state index is 12.4. The molecule has 0 saturated heterocycles. The van der Waals surface area contributed by atoms with Crippen LogP contribution in [0.5, 0.6) is 5.75 Å². The fraction of sp³-hybridized carbons (Fsp3) is 0.0435. The minimum atomic E-state index is -0.485. The molecule has 1 N–H and O–H groups in total. The molecule has 0 radical (unpaired) electrons. The first-order chi connectivity index (χ1) is 14.9. The summed E-state index contributed by atoms with van der Waals surface area (Å²) in [6.07, 6.45) is 1.51. The monoisotopic (exact) mass is 578 g/mol. The molecule has 0 bridgehead atoms. The first kappa shape index (κ1) is 23.4. The highest BCUT2D eigenvalue weighted by molar-refractivity contribution is 9.11. The molecule has 0 spiro atoms. The van der Waals surface area contributed by atoms with Gasteiger partial charge in [0.15, 0.2) is 0 Å². The van der Waals surface area contributed by atoms with Gasteiger partial charge in [-0.3, -0.25) is 4.79 Å². The molecule has 0 atom stereocenters. The quantitative estimate of drug-likeness (QED) is 0.241. The molecule has 3 aromatic carbocycles. The Hall–Kier alpha value is -2.30. The van der Waals surface area contributed by atoms with Gasteiger partial charge in [0.1, 0.15) is 24.0 Å². The summed E-state index contributed by atoms with van der Waals surface area (Å²) >= 11 is 19.0. The van der Waals surface area contributed by atoms with Crippen molar-refractivity contribution in [2.24, 2.45) is 0 Å². The average molecular weight is 581 g/mol. The highest BCUT2D eigenvalue weighted by atomic mass is 79.9. The van der Waals surface area contributed by atoms with Gasteiger partial charge in [0.2, 0.25) is 0 Å². The molecule has 3 rings (SSSR count). The molecule has 0 aliphatic heterocycles. The molecule has 0 unspecified atom stereocenters. The van der Waals surface area contributed by atoms with E-state index in [1.165, 1.54) is 6.08 Å². The molecule has 0 heterocycles. The zero-order valence-electron chi connectivity index (χ0n) is 15.8. The summed E-state index contributed by atoms with van der Waals surface area (Å²) in [5.74, 6) is 0.0938. The zero-order valence-corrected chi connectivity index (χ0v) is 20.5. The number of carbonyl (C=O) groups excluding carboxylic acids is 1. The largest absolute Gasteiger partial charge is 0.487 e. The van der Waals surface area contributed by atoms with E-state index in [1.807, 2.05) is 18.2 Å². The standard InChI is InChI=1S/C23H14Br2Cl2N2O2/c24-18-9-15(8-16(12-28)23(30)29-17-4-2-1-3-5-17)10-19(25)22(18)31-13-14-6-7-20(26)21(27)11-14/h1-11H,13H2,(H,29,30)/b16-8-. The van der Waals surface area contributed by atoms with Crippen LogP contribution in [0, 0.1) is 11.3 Å². The van der Waals surface area contributed by atoms with Crippen molar-refractivity contribution >= 4 is 72.7 Å². The van der Waals surface area contributed by atoms with Gasteiger partial charge in [0.25, 0.3) is 5.91 Å². The molecule has 0 aliphatic rings. The number of nitrogens with zero attached hydrogens (tertiary/aromatic N) is 1. The Kier molecular flexibility index (Phi) is 8.16. The first-order valence-electron chi connectivity index (χ1n) is 8.91. The van der Waals surface area contributed by atoms with Crippen LogP contribution in [0.15, 0.2) is 75.2 Å². The molecule has 0 aliphatic carbocycles. The number of rotatable bonds is 6. The van der Waals surface area contributed by atoms with Crippen LogP contribution in [0.2, 0.25) is 10.0 Å². The van der Waals surface area contributed by atoms with E-state index in [9.17, 15) is 10.1 Å². The van der Waals surface area contributed by atoms with Crippen molar-refractivity contribution < 1.29 is 9.53 Å². The number of amides is 1. The summed E-state index contributed by atoms with van der Waals surface area (Å²) in [7, 11) is 0. The van der Waals surface area contributed by atoms with Crippen molar-refractivity contribution in [1.82, 2.24) is 0 Å². The van der Waals surface area contributed by atoms with Gasteiger partial charge in [-0.1, -0.05) is 47.5 Å². The number of nitrogens with one attached hydrogen (secondary N) is 1. The second-order valence-electron chi connectivity index (χ2n) is 6.34. The normalized spacial score (nSPS) is 11.0. The number of carbonyl (C=O) groups is 1. The minimum Gasteiger partial charge on any atom is -0.487 e. The Balaban J connectivity index is 1.77. The van der Waals surface area contributed by atoms with Crippen LogP contribution in [-0.2, 0) is 11.4 Å². The summed E-state index contributed by atoms with van der Waals surface area (Å²) in [6.45, 7) is 0.284. The van der Waals surface area contributed by atoms with Gasteiger partial charge < -0.3 is 10.1 Å². The molecule has 31 heavy (non-hydrogen) atoms. The number of hydrogen-bond donors (Lipinski definition) is 1. The van der Waals surface area contributed by atoms with E-state index in [2.05, 4.69) is 37.2 Å². The summed E-state index contributed by atoms with van der Waals surface area (Å²) in [5, 5.41) is 13.1. The van der Waals surface area contributed by atoms with Gasteiger partial charge in [0, 0.05) is 5.69 Å². The van der Waals surface area contributed by atoms with Crippen LogP contribution < -0.4 is 10.1 Å². The Morgan fingerprint density at radius 2 is 1.71 bits per heavy atom. The van der Waals surface area contributed by atoms with E-state index in [1.54, 1.807) is 48.5 Å². The highest BCUT2D eigenvalue weighted by Crippen LogP contribution is 2.36. The van der Waals surface area contributed by atoms with Crippen LogP contribution in [0.4, 0.5) is 5.69 Å². The average Bonchev–Trinajstić information content (AvgIpc) is 2.74. The van der Waals surface area contributed by atoms with Crippen LogP contribution >= 0.6 is 55.1 Å². The molecule has 1 amide bonds. The topological polar surface area (TPSA) is 62.1 Å². The van der Waals surface area contributed by atoms with E-state index in [-0.39, 0.29) is 12.2 Å².